The van der Waals surface area contributed by atoms with E-state index in [-0.39, 0.29) is 17.4 Å². The molecular weight excluding hydrogens is 343 g/mol. The second-order valence-corrected chi connectivity index (χ2v) is 6.31. The Morgan fingerprint density at radius 1 is 1.04 bits per heavy atom. The molecular formula is C21H21FN4O. The van der Waals surface area contributed by atoms with Crippen LogP contribution in [-0.4, -0.2) is 22.4 Å². The summed E-state index contributed by atoms with van der Waals surface area (Å²) in [6.45, 7) is 4.53. The summed E-state index contributed by atoms with van der Waals surface area (Å²) in [4.78, 5) is 20.6. The van der Waals surface area contributed by atoms with Crippen molar-refractivity contribution in [3.8, 4) is 0 Å². The lowest BCUT2D eigenvalue weighted by molar-refractivity contribution is 0.102. The van der Waals surface area contributed by atoms with E-state index in [9.17, 15) is 9.18 Å². The van der Waals surface area contributed by atoms with Crippen LogP contribution in [0.1, 0.15) is 27.2 Å². The van der Waals surface area contributed by atoms with Gasteiger partial charge >= 0.3 is 0 Å². The molecule has 1 heterocycles. The van der Waals surface area contributed by atoms with E-state index >= 15 is 0 Å². The predicted octanol–water partition coefficient (Wildman–Crippen LogP) is 4.14. The monoisotopic (exact) mass is 364 g/mol. The van der Waals surface area contributed by atoms with Gasteiger partial charge in [0.2, 0.25) is 0 Å². The van der Waals surface area contributed by atoms with E-state index in [2.05, 4.69) is 20.6 Å². The molecule has 0 aliphatic heterocycles. The van der Waals surface area contributed by atoms with Crippen LogP contribution in [0.4, 0.5) is 15.9 Å². The van der Waals surface area contributed by atoms with E-state index in [1.165, 1.54) is 24.0 Å². The number of hydrogen-bond donors (Lipinski definition) is 2. The SMILES string of the molecule is Cc1ccc(NC(=O)c2cnc(NCCc3ccccc3F)cn2)cc1C. The second-order valence-electron chi connectivity index (χ2n) is 6.31. The third-order valence-corrected chi connectivity index (χ3v) is 4.31. The van der Waals surface area contributed by atoms with Gasteiger partial charge in [-0.15, -0.1) is 0 Å². The first-order chi connectivity index (χ1) is 13.0. The lowest BCUT2D eigenvalue weighted by Gasteiger charge is -2.08. The van der Waals surface area contributed by atoms with Crippen LogP contribution >= 0.6 is 0 Å². The molecule has 0 saturated carbocycles. The zero-order chi connectivity index (χ0) is 19.2. The fourth-order valence-electron chi connectivity index (χ4n) is 2.58. The summed E-state index contributed by atoms with van der Waals surface area (Å²) in [6.07, 6.45) is 3.45. The van der Waals surface area contributed by atoms with E-state index in [1.807, 2.05) is 32.0 Å². The minimum atomic E-state index is -0.316. The highest BCUT2D eigenvalue weighted by atomic mass is 19.1. The molecule has 0 unspecified atom stereocenters. The van der Waals surface area contributed by atoms with Gasteiger partial charge in [0.15, 0.2) is 0 Å². The molecule has 3 rings (SSSR count). The number of aryl methyl sites for hydroxylation is 2. The Kier molecular flexibility index (Phi) is 5.76. The van der Waals surface area contributed by atoms with Crippen molar-refractivity contribution in [1.29, 1.82) is 0 Å². The molecule has 6 heteroatoms. The number of carbonyl (C=O) groups is 1. The van der Waals surface area contributed by atoms with Crippen LogP contribution in [0.15, 0.2) is 54.9 Å². The molecule has 1 aromatic heterocycles. The Hall–Kier alpha value is -3.28. The maximum Gasteiger partial charge on any atom is 0.275 e. The number of halogens is 1. The summed E-state index contributed by atoms with van der Waals surface area (Å²) in [5, 5.41) is 5.89. The number of carbonyl (C=O) groups excluding carboxylic acids is 1. The first kappa shape index (κ1) is 18.5. The number of nitrogens with one attached hydrogen (secondary N) is 2. The summed E-state index contributed by atoms with van der Waals surface area (Å²) in [5.74, 6) is 0.00137. The van der Waals surface area contributed by atoms with Crippen molar-refractivity contribution in [3.63, 3.8) is 0 Å². The fourth-order valence-corrected chi connectivity index (χ4v) is 2.58. The van der Waals surface area contributed by atoms with Gasteiger partial charge in [-0.25, -0.2) is 14.4 Å². The Morgan fingerprint density at radius 2 is 1.85 bits per heavy atom. The van der Waals surface area contributed by atoms with Crippen LogP contribution in [0.25, 0.3) is 0 Å². The molecule has 0 atom stereocenters. The van der Waals surface area contributed by atoms with Gasteiger partial charge in [0, 0.05) is 12.2 Å². The normalized spacial score (nSPS) is 10.5. The van der Waals surface area contributed by atoms with Crippen molar-refractivity contribution >= 4 is 17.4 Å². The predicted molar refractivity (Wildman–Crippen MR) is 104 cm³/mol. The summed E-state index contributed by atoms with van der Waals surface area (Å²) in [7, 11) is 0. The van der Waals surface area contributed by atoms with Gasteiger partial charge in [0.25, 0.3) is 5.91 Å². The summed E-state index contributed by atoms with van der Waals surface area (Å²) < 4.78 is 13.6. The van der Waals surface area contributed by atoms with Gasteiger partial charge in [0.05, 0.1) is 12.4 Å². The van der Waals surface area contributed by atoms with Crippen LogP contribution < -0.4 is 10.6 Å². The first-order valence-corrected chi connectivity index (χ1v) is 8.71. The van der Waals surface area contributed by atoms with E-state index in [0.29, 0.717) is 24.3 Å². The van der Waals surface area contributed by atoms with E-state index < -0.39 is 0 Å². The molecule has 0 radical (unpaired) electrons. The molecule has 0 aliphatic carbocycles. The number of aromatic nitrogens is 2. The zero-order valence-corrected chi connectivity index (χ0v) is 15.3. The van der Waals surface area contributed by atoms with Crippen molar-refractivity contribution in [3.05, 3.63) is 83.1 Å². The van der Waals surface area contributed by atoms with Gasteiger partial charge in [-0.05, 0) is 55.2 Å². The molecule has 0 saturated heterocycles. The van der Waals surface area contributed by atoms with E-state index in [0.717, 1.165) is 11.3 Å². The lowest BCUT2D eigenvalue weighted by atomic mass is 10.1. The number of anilines is 2. The summed E-state index contributed by atoms with van der Waals surface area (Å²) >= 11 is 0. The largest absolute Gasteiger partial charge is 0.368 e. The Labute approximate surface area is 157 Å². The number of benzene rings is 2. The quantitative estimate of drug-likeness (QED) is 0.690. The van der Waals surface area contributed by atoms with Gasteiger partial charge < -0.3 is 10.6 Å². The third kappa shape index (κ3) is 4.88. The van der Waals surface area contributed by atoms with Gasteiger partial charge in [-0.2, -0.15) is 0 Å². The average molecular weight is 364 g/mol. The smallest absolute Gasteiger partial charge is 0.275 e. The molecule has 0 aliphatic rings. The Bertz CT molecular complexity index is 941. The third-order valence-electron chi connectivity index (χ3n) is 4.31. The van der Waals surface area contributed by atoms with Crippen molar-refractivity contribution in [2.45, 2.75) is 20.3 Å². The molecule has 0 spiro atoms. The van der Waals surface area contributed by atoms with Gasteiger partial charge in [0.1, 0.15) is 17.3 Å². The van der Waals surface area contributed by atoms with Gasteiger partial charge in [-0.1, -0.05) is 24.3 Å². The van der Waals surface area contributed by atoms with Crippen LogP contribution in [0.5, 0.6) is 0 Å². The second kappa shape index (κ2) is 8.40. The van der Waals surface area contributed by atoms with Crippen molar-refractivity contribution < 1.29 is 9.18 Å². The highest BCUT2D eigenvalue weighted by Crippen LogP contribution is 2.15. The van der Waals surface area contributed by atoms with Crippen LogP contribution in [0, 0.1) is 19.7 Å². The highest BCUT2D eigenvalue weighted by molar-refractivity contribution is 6.02. The van der Waals surface area contributed by atoms with Crippen LogP contribution in [-0.2, 0) is 6.42 Å². The number of nitrogens with zero attached hydrogens (tertiary/aromatic N) is 2. The van der Waals surface area contributed by atoms with E-state index in [4.69, 9.17) is 0 Å². The standard InChI is InChI=1S/C21H21FN4O/c1-14-7-8-17(11-15(14)2)26-21(27)19-12-25-20(13-24-19)23-10-9-16-5-3-4-6-18(16)22/h3-8,11-13H,9-10H2,1-2H3,(H,23,25)(H,26,27). The van der Waals surface area contributed by atoms with Crippen molar-refractivity contribution in [1.82, 2.24) is 9.97 Å². The number of rotatable bonds is 6. The minimum Gasteiger partial charge on any atom is -0.368 e. The molecule has 138 valence electrons. The molecule has 3 aromatic rings. The number of hydrogen-bond acceptors (Lipinski definition) is 4. The molecule has 2 aromatic carbocycles. The van der Waals surface area contributed by atoms with Gasteiger partial charge in [-0.3, -0.25) is 4.79 Å². The number of amides is 1. The molecule has 27 heavy (non-hydrogen) atoms. The minimum absolute atomic E-state index is 0.219. The average Bonchev–Trinajstić information content (AvgIpc) is 2.67. The summed E-state index contributed by atoms with van der Waals surface area (Å²) in [6, 6.07) is 12.4. The zero-order valence-electron chi connectivity index (χ0n) is 15.3. The maximum atomic E-state index is 13.6. The molecule has 1 amide bonds. The van der Waals surface area contributed by atoms with E-state index in [1.54, 1.807) is 18.2 Å². The molecule has 0 fully saturated rings. The maximum absolute atomic E-state index is 13.6. The highest BCUT2D eigenvalue weighted by Gasteiger charge is 2.09. The fraction of sp³-hybridized carbons (Fsp3) is 0.190. The topological polar surface area (TPSA) is 66.9 Å². The molecule has 0 bridgehead atoms. The lowest BCUT2D eigenvalue weighted by Crippen LogP contribution is -2.15. The molecule has 5 nitrogen and oxygen atoms in total. The van der Waals surface area contributed by atoms with Crippen molar-refractivity contribution in [2.75, 3.05) is 17.2 Å². The van der Waals surface area contributed by atoms with Crippen LogP contribution in [0.2, 0.25) is 0 Å². The summed E-state index contributed by atoms with van der Waals surface area (Å²) in [5.41, 5.74) is 3.86. The Balaban J connectivity index is 1.55. The van der Waals surface area contributed by atoms with Crippen molar-refractivity contribution in [2.24, 2.45) is 0 Å². The Morgan fingerprint density at radius 3 is 2.56 bits per heavy atom. The first-order valence-electron chi connectivity index (χ1n) is 8.71. The molecule has 2 N–H and O–H groups in total. The van der Waals surface area contributed by atoms with Crippen LogP contribution in [0.3, 0.4) is 0 Å².